The summed E-state index contributed by atoms with van der Waals surface area (Å²) in [5.74, 6) is -0.297. The van der Waals surface area contributed by atoms with Gasteiger partial charge in [0.05, 0.1) is 16.9 Å². The number of fused-ring (bicyclic) bond motifs is 4. The quantitative estimate of drug-likeness (QED) is 0.181. The highest BCUT2D eigenvalue weighted by molar-refractivity contribution is 6.31. The molecule has 10 heteroatoms. The van der Waals surface area contributed by atoms with Crippen molar-refractivity contribution in [3.8, 4) is 11.1 Å². The van der Waals surface area contributed by atoms with Crippen LogP contribution in [-0.2, 0) is 22.5 Å². The SMILES string of the molecule is CC1(C)CCN(c2c(-c3ccc4c(c3)CCN(c3ncnc5c3oc3ccccc35)C4)cnc(Cl)c2C(OC(C)(C)C)C(=O)O)CC1. The number of ether oxygens (including phenoxy) is 1. The van der Waals surface area contributed by atoms with Crippen molar-refractivity contribution >= 4 is 51.1 Å². The summed E-state index contributed by atoms with van der Waals surface area (Å²) in [4.78, 5) is 31.0. The third kappa shape index (κ3) is 6.03. The summed E-state index contributed by atoms with van der Waals surface area (Å²) in [6, 6.07) is 14.4. The Bertz CT molecular complexity index is 1990. The van der Waals surface area contributed by atoms with Gasteiger partial charge in [0.25, 0.3) is 0 Å². The number of para-hydroxylation sites is 1. The van der Waals surface area contributed by atoms with E-state index in [9.17, 15) is 9.90 Å². The lowest BCUT2D eigenvalue weighted by molar-refractivity contribution is -0.160. The van der Waals surface area contributed by atoms with E-state index in [1.54, 1.807) is 12.5 Å². The van der Waals surface area contributed by atoms with Crippen LogP contribution in [0.3, 0.4) is 0 Å². The number of nitrogens with zero attached hydrogens (tertiary/aromatic N) is 5. The first-order valence-electron chi connectivity index (χ1n) is 16.2. The second-order valence-corrected chi connectivity index (χ2v) is 14.8. The van der Waals surface area contributed by atoms with Crippen molar-refractivity contribution in [2.45, 2.75) is 72.1 Å². The number of aliphatic carboxylic acids is 1. The second kappa shape index (κ2) is 11.8. The molecule has 0 radical (unpaired) electrons. The van der Waals surface area contributed by atoms with E-state index < -0.39 is 17.7 Å². The molecule has 2 aliphatic rings. The highest BCUT2D eigenvalue weighted by atomic mass is 35.5. The summed E-state index contributed by atoms with van der Waals surface area (Å²) in [6.45, 7) is 13.1. The maximum Gasteiger partial charge on any atom is 0.337 e. The molecule has 0 aliphatic carbocycles. The lowest BCUT2D eigenvalue weighted by atomic mass is 9.82. The van der Waals surface area contributed by atoms with Crippen molar-refractivity contribution in [2.24, 2.45) is 5.41 Å². The average molecular weight is 654 g/mol. The number of hydrogen-bond acceptors (Lipinski definition) is 8. The summed E-state index contributed by atoms with van der Waals surface area (Å²) >= 11 is 6.78. The van der Waals surface area contributed by atoms with Crippen molar-refractivity contribution in [1.29, 1.82) is 0 Å². The van der Waals surface area contributed by atoms with E-state index in [2.05, 4.69) is 56.8 Å². The van der Waals surface area contributed by atoms with Gasteiger partial charge in [0.2, 0.25) is 0 Å². The molecule has 0 amide bonds. The molecule has 7 rings (SSSR count). The largest absolute Gasteiger partial charge is 0.479 e. The van der Waals surface area contributed by atoms with E-state index >= 15 is 0 Å². The highest BCUT2D eigenvalue weighted by Crippen LogP contribution is 2.45. The molecule has 2 aromatic carbocycles. The molecule has 5 heterocycles. The third-order valence-corrected chi connectivity index (χ3v) is 9.70. The predicted molar refractivity (Wildman–Crippen MR) is 185 cm³/mol. The minimum Gasteiger partial charge on any atom is -0.479 e. The Morgan fingerprint density at radius 2 is 1.79 bits per heavy atom. The number of rotatable bonds is 6. The van der Waals surface area contributed by atoms with Crippen LogP contribution >= 0.6 is 11.6 Å². The fourth-order valence-electron chi connectivity index (χ4n) is 6.84. The number of anilines is 2. The molecule has 1 N–H and O–H groups in total. The molecule has 244 valence electrons. The minimum absolute atomic E-state index is 0.153. The number of benzene rings is 2. The van der Waals surface area contributed by atoms with Crippen molar-refractivity contribution in [1.82, 2.24) is 15.0 Å². The van der Waals surface area contributed by atoms with Gasteiger partial charge in [0, 0.05) is 43.3 Å². The van der Waals surface area contributed by atoms with Crippen molar-refractivity contribution in [3.05, 3.63) is 76.8 Å². The van der Waals surface area contributed by atoms with Crippen LogP contribution in [-0.4, -0.2) is 51.3 Å². The van der Waals surface area contributed by atoms with Crippen LogP contribution in [0.2, 0.25) is 5.15 Å². The molecular formula is C37H40ClN5O4. The fourth-order valence-corrected chi connectivity index (χ4v) is 7.08. The van der Waals surface area contributed by atoms with Crippen LogP contribution < -0.4 is 9.80 Å². The smallest absolute Gasteiger partial charge is 0.337 e. The number of carboxylic acid groups (broad SMARTS) is 1. The van der Waals surface area contributed by atoms with Gasteiger partial charge in [0.1, 0.15) is 22.6 Å². The molecule has 1 saturated heterocycles. The minimum atomic E-state index is -1.27. The van der Waals surface area contributed by atoms with Gasteiger partial charge >= 0.3 is 5.97 Å². The number of piperidine rings is 1. The molecule has 47 heavy (non-hydrogen) atoms. The molecule has 1 fully saturated rings. The first-order chi connectivity index (χ1) is 22.4. The Morgan fingerprint density at radius 1 is 1.02 bits per heavy atom. The van der Waals surface area contributed by atoms with Gasteiger partial charge in [0.15, 0.2) is 17.5 Å². The molecule has 1 unspecified atom stereocenters. The van der Waals surface area contributed by atoms with Gasteiger partial charge in [-0.3, -0.25) is 0 Å². The molecule has 2 aliphatic heterocycles. The summed E-state index contributed by atoms with van der Waals surface area (Å²) in [5.41, 5.74) is 7.29. The lowest BCUT2D eigenvalue weighted by Crippen LogP contribution is -2.39. The van der Waals surface area contributed by atoms with E-state index in [1.807, 2.05) is 45.0 Å². The Morgan fingerprint density at radius 3 is 2.53 bits per heavy atom. The zero-order valence-electron chi connectivity index (χ0n) is 27.5. The van der Waals surface area contributed by atoms with Gasteiger partial charge in [-0.15, -0.1) is 0 Å². The topological polar surface area (TPSA) is 105 Å². The number of carbonyl (C=O) groups is 1. The van der Waals surface area contributed by atoms with E-state index in [-0.39, 0.29) is 10.6 Å². The maximum absolute atomic E-state index is 12.7. The number of carboxylic acids is 1. The van der Waals surface area contributed by atoms with Crippen LogP contribution in [0.1, 0.15) is 70.3 Å². The fraction of sp³-hybridized carbons (Fsp3) is 0.405. The number of hydrogen-bond donors (Lipinski definition) is 1. The van der Waals surface area contributed by atoms with E-state index in [1.165, 1.54) is 11.1 Å². The summed E-state index contributed by atoms with van der Waals surface area (Å²) in [5, 5.41) is 11.6. The van der Waals surface area contributed by atoms with Gasteiger partial charge in [-0.2, -0.15) is 0 Å². The lowest BCUT2D eigenvalue weighted by Gasteiger charge is -2.40. The molecule has 9 nitrogen and oxygen atoms in total. The van der Waals surface area contributed by atoms with Crippen molar-refractivity contribution in [3.63, 3.8) is 0 Å². The zero-order chi connectivity index (χ0) is 33.1. The summed E-state index contributed by atoms with van der Waals surface area (Å²) < 4.78 is 12.4. The molecule has 5 aromatic rings. The average Bonchev–Trinajstić information content (AvgIpc) is 3.42. The normalized spacial score (nSPS) is 17.2. The van der Waals surface area contributed by atoms with Crippen LogP contribution in [0, 0.1) is 5.41 Å². The zero-order valence-corrected chi connectivity index (χ0v) is 28.3. The maximum atomic E-state index is 12.7. The number of pyridine rings is 1. The van der Waals surface area contributed by atoms with Crippen LogP contribution in [0.4, 0.5) is 11.5 Å². The number of halogens is 1. The molecule has 1 atom stereocenters. The predicted octanol–water partition coefficient (Wildman–Crippen LogP) is 8.22. The molecule has 0 bridgehead atoms. The van der Waals surface area contributed by atoms with E-state index in [0.29, 0.717) is 17.7 Å². The molecule has 0 spiro atoms. The Labute approximate surface area is 279 Å². The van der Waals surface area contributed by atoms with Gasteiger partial charge in [-0.05, 0) is 74.3 Å². The van der Waals surface area contributed by atoms with E-state index in [4.69, 9.17) is 20.8 Å². The number of aromatic nitrogens is 3. The summed E-state index contributed by atoms with van der Waals surface area (Å²) in [7, 11) is 0. The van der Waals surface area contributed by atoms with Crippen LogP contribution in [0.5, 0.6) is 0 Å². The van der Waals surface area contributed by atoms with Crippen LogP contribution in [0.15, 0.2) is 59.4 Å². The Hall–Kier alpha value is -4.21. The summed E-state index contributed by atoms with van der Waals surface area (Å²) in [6.07, 6.45) is 4.89. The molecule has 3 aromatic heterocycles. The van der Waals surface area contributed by atoms with Crippen LogP contribution in [0.25, 0.3) is 33.2 Å². The van der Waals surface area contributed by atoms with Gasteiger partial charge in [-0.25, -0.2) is 19.7 Å². The number of furan rings is 1. The molecule has 0 saturated carbocycles. The standard InChI is InChI=1S/C37H40ClN5O4/c1-36(2,3)47-31(35(44)45)28-30(42-16-13-37(4,5)14-17-42)26(19-39-33(28)38)23-10-11-24-20-43(15-12-22(24)18-23)34-32-29(40-21-41-34)25-8-6-7-9-27(25)46-32/h6-11,18-19,21,31H,12-17,20H2,1-5H3,(H,44,45). The monoisotopic (exact) mass is 653 g/mol. The molecular weight excluding hydrogens is 614 g/mol. The van der Waals surface area contributed by atoms with E-state index in [0.717, 1.165) is 78.0 Å². The van der Waals surface area contributed by atoms with Crippen molar-refractivity contribution < 1.29 is 19.1 Å². The first kappa shape index (κ1) is 31.4. The Kier molecular flexibility index (Phi) is 7.88. The van der Waals surface area contributed by atoms with Crippen molar-refractivity contribution in [2.75, 3.05) is 29.4 Å². The van der Waals surface area contributed by atoms with Gasteiger partial charge < -0.3 is 24.1 Å². The first-order valence-corrected chi connectivity index (χ1v) is 16.6. The van der Waals surface area contributed by atoms with Gasteiger partial charge in [-0.1, -0.05) is 55.8 Å². The Balaban J connectivity index is 1.28. The second-order valence-electron chi connectivity index (χ2n) is 14.5. The third-order valence-electron chi connectivity index (χ3n) is 9.40. The highest BCUT2D eigenvalue weighted by Gasteiger charge is 2.36.